The van der Waals surface area contributed by atoms with Gasteiger partial charge < -0.3 is 0 Å². The highest BCUT2D eigenvalue weighted by molar-refractivity contribution is 6.04. The zero-order valence-electron chi connectivity index (χ0n) is 7.21. The minimum absolute atomic E-state index is 0.250. The molecule has 0 N–H and O–H groups in total. The van der Waals surface area contributed by atoms with Crippen LogP contribution in [-0.4, -0.2) is 5.78 Å². The summed E-state index contributed by atoms with van der Waals surface area (Å²) in [5.74, 6) is 2.14. The van der Waals surface area contributed by atoms with Gasteiger partial charge in [0.1, 0.15) is 0 Å². The highest BCUT2D eigenvalue weighted by Crippen LogP contribution is 2.49. The predicted molar refractivity (Wildman–Crippen MR) is 46.6 cm³/mol. The number of hydrogen-bond donors (Lipinski definition) is 0. The van der Waals surface area contributed by atoms with Gasteiger partial charge in [0.15, 0.2) is 5.78 Å². The normalized spacial score (nSPS) is 43.1. The summed E-state index contributed by atoms with van der Waals surface area (Å²) in [4.78, 5) is 11.6. The van der Waals surface area contributed by atoms with Gasteiger partial charge in [-0.25, -0.2) is 0 Å². The number of carbonyl (C=O) groups excluding carboxylic acids is 1. The molecule has 3 rings (SSSR count). The van der Waals surface area contributed by atoms with E-state index in [1.54, 1.807) is 0 Å². The fourth-order valence-electron chi connectivity index (χ4n) is 2.39. The number of allylic oxidation sites excluding steroid dienone is 4. The third-order valence-electron chi connectivity index (χ3n) is 3.27. The molecule has 0 bridgehead atoms. The van der Waals surface area contributed by atoms with Crippen molar-refractivity contribution >= 4 is 5.78 Å². The minimum Gasteiger partial charge on any atom is -0.294 e. The van der Waals surface area contributed by atoms with Gasteiger partial charge in [0.2, 0.25) is 0 Å². The molecule has 0 amide bonds. The standard InChI is InChI=1S/C11H12O/c1-6-2-9-4-7-3-8(7)5-10(9)11(6)12/h4-8H,2-3H2,1H3. The Kier molecular flexibility index (Phi) is 1.05. The highest BCUT2D eigenvalue weighted by atomic mass is 16.1. The molecule has 3 aliphatic rings. The summed E-state index contributed by atoms with van der Waals surface area (Å²) in [7, 11) is 0. The third kappa shape index (κ3) is 0.715. The van der Waals surface area contributed by atoms with Gasteiger partial charge in [0, 0.05) is 11.5 Å². The summed E-state index contributed by atoms with van der Waals surface area (Å²) in [5, 5.41) is 0. The first-order valence-electron chi connectivity index (χ1n) is 4.73. The van der Waals surface area contributed by atoms with Crippen molar-refractivity contribution in [2.24, 2.45) is 17.8 Å². The first kappa shape index (κ1) is 6.64. The molecule has 1 nitrogen and oxygen atoms in total. The maximum atomic E-state index is 11.6. The number of rotatable bonds is 0. The van der Waals surface area contributed by atoms with Crippen molar-refractivity contribution in [2.45, 2.75) is 19.8 Å². The summed E-state index contributed by atoms with van der Waals surface area (Å²) >= 11 is 0. The van der Waals surface area contributed by atoms with Crippen LogP contribution in [0.5, 0.6) is 0 Å². The van der Waals surface area contributed by atoms with Crippen molar-refractivity contribution in [1.82, 2.24) is 0 Å². The minimum atomic E-state index is 0.250. The molecule has 2 saturated carbocycles. The number of fused-ring (bicyclic) bond motifs is 2. The maximum absolute atomic E-state index is 11.6. The molecule has 3 atom stereocenters. The van der Waals surface area contributed by atoms with Gasteiger partial charge in [-0.15, -0.1) is 0 Å². The van der Waals surface area contributed by atoms with Gasteiger partial charge in [-0.2, -0.15) is 0 Å². The van der Waals surface area contributed by atoms with Crippen LogP contribution >= 0.6 is 0 Å². The van der Waals surface area contributed by atoms with Crippen LogP contribution in [0.15, 0.2) is 23.3 Å². The van der Waals surface area contributed by atoms with Crippen molar-refractivity contribution in [3.8, 4) is 0 Å². The number of Topliss-reactive ketones (excluding diaryl/α,β-unsaturated/α-hetero) is 1. The zero-order valence-corrected chi connectivity index (χ0v) is 7.21. The lowest BCUT2D eigenvalue weighted by Crippen LogP contribution is -2.03. The molecule has 3 unspecified atom stereocenters. The molecule has 1 heteroatoms. The summed E-state index contributed by atoms with van der Waals surface area (Å²) in [6.07, 6.45) is 6.83. The molecule has 62 valence electrons. The summed E-state index contributed by atoms with van der Waals surface area (Å²) in [6, 6.07) is 0. The lowest BCUT2D eigenvalue weighted by atomic mass is 10.0. The van der Waals surface area contributed by atoms with E-state index in [1.165, 1.54) is 12.0 Å². The fraction of sp³-hybridized carbons (Fsp3) is 0.545. The van der Waals surface area contributed by atoms with E-state index >= 15 is 0 Å². The van der Waals surface area contributed by atoms with E-state index in [4.69, 9.17) is 0 Å². The van der Waals surface area contributed by atoms with Gasteiger partial charge in [-0.3, -0.25) is 4.79 Å². The van der Waals surface area contributed by atoms with E-state index in [9.17, 15) is 4.79 Å². The van der Waals surface area contributed by atoms with Crippen LogP contribution < -0.4 is 0 Å². The van der Waals surface area contributed by atoms with Crippen LogP contribution in [-0.2, 0) is 4.79 Å². The quantitative estimate of drug-likeness (QED) is 0.530. The van der Waals surface area contributed by atoms with Crippen molar-refractivity contribution in [3.05, 3.63) is 23.3 Å². The molecule has 0 aromatic carbocycles. The number of ketones is 1. The Labute approximate surface area is 72.2 Å². The van der Waals surface area contributed by atoms with Crippen molar-refractivity contribution in [3.63, 3.8) is 0 Å². The molecule has 0 saturated heterocycles. The molecular formula is C11H12O. The molecule has 0 aliphatic heterocycles. The molecule has 0 spiro atoms. The van der Waals surface area contributed by atoms with E-state index in [0.717, 1.165) is 23.8 Å². The average Bonchev–Trinajstić information content (AvgIpc) is 2.74. The maximum Gasteiger partial charge on any atom is 0.165 e. The molecule has 12 heavy (non-hydrogen) atoms. The van der Waals surface area contributed by atoms with E-state index in [0.29, 0.717) is 5.78 Å². The van der Waals surface area contributed by atoms with Crippen LogP contribution in [0.1, 0.15) is 19.8 Å². The Morgan fingerprint density at radius 2 is 2.08 bits per heavy atom. The van der Waals surface area contributed by atoms with E-state index in [2.05, 4.69) is 12.2 Å². The van der Waals surface area contributed by atoms with Crippen LogP contribution in [0.25, 0.3) is 0 Å². The molecule has 0 aromatic heterocycles. The topological polar surface area (TPSA) is 17.1 Å². The lowest BCUT2D eigenvalue weighted by Gasteiger charge is -2.03. The lowest BCUT2D eigenvalue weighted by molar-refractivity contribution is -0.117. The first-order valence-corrected chi connectivity index (χ1v) is 4.73. The SMILES string of the molecule is CC1CC2=CC3CC3C=C2C1=O. The number of carbonyl (C=O) groups is 1. The zero-order chi connectivity index (χ0) is 8.29. The Hall–Kier alpha value is -0.850. The van der Waals surface area contributed by atoms with Crippen LogP contribution in [0, 0.1) is 17.8 Å². The van der Waals surface area contributed by atoms with Crippen LogP contribution in [0.4, 0.5) is 0 Å². The van der Waals surface area contributed by atoms with E-state index in [-0.39, 0.29) is 5.92 Å². The fourth-order valence-corrected chi connectivity index (χ4v) is 2.39. The Morgan fingerprint density at radius 1 is 1.33 bits per heavy atom. The van der Waals surface area contributed by atoms with Gasteiger partial charge in [0.05, 0.1) is 0 Å². The van der Waals surface area contributed by atoms with Crippen LogP contribution in [0.3, 0.4) is 0 Å². The first-order chi connectivity index (χ1) is 5.75. The van der Waals surface area contributed by atoms with Crippen molar-refractivity contribution < 1.29 is 4.79 Å². The monoisotopic (exact) mass is 160 g/mol. The number of hydrogen-bond acceptors (Lipinski definition) is 1. The predicted octanol–water partition coefficient (Wildman–Crippen LogP) is 2.10. The average molecular weight is 160 g/mol. The molecule has 0 aromatic rings. The van der Waals surface area contributed by atoms with E-state index < -0.39 is 0 Å². The van der Waals surface area contributed by atoms with E-state index in [1.807, 2.05) is 6.92 Å². The summed E-state index contributed by atoms with van der Waals surface area (Å²) in [5.41, 5.74) is 2.40. The van der Waals surface area contributed by atoms with Gasteiger partial charge in [-0.1, -0.05) is 19.1 Å². The molecule has 0 radical (unpaired) electrons. The second kappa shape index (κ2) is 1.90. The Balaban J connectivity index is 2.07. The smallest absolute Gasteiger partial charge is 0.165 e. The van der Waals surface area contributed by atoms with Crippen molar-refractivity contribution in [2.75, 3.05) is 0 Å². The van der Waals surface area contributed by atoms with Crippen LogP contribution in [0.2, 0.25) is 0 Å². The largest absolute Gasteiger partial charge is 0.294 e. The molecule has 0 heterocycles. The van der Waals surface area contributed by atoms with Gasteiger partial charge >= 0.3 is 0 Å². The van der Waals surface area contributed by atoms with Gasteiger partial charge in [0.25, 0.3) is 0 Å². The highest BCUT2D eigenvalue weighted by Gasteiger charge is 2.42. The van der Waals surface area contributed by atoms with Gasteiger partial charge in [-0.05, 0) is 30.3 Å². The Morgan fingerprint density at radius 3 is 2.92 bits per heavy atom. The molecular weight excluding hydrogens is 148 g/mol. The second-order valence-electron chi connectivity index (χ2n) is 4.31. The van der Waals surface area contributed by atoms with Crippen molar-refractivity contribution in [1.29, 1.82) is 0 Å². The summed E-state index contributed by atoms with van der Waals surface area (Å²) in [6.45, 7) is 2.04. The molecule has 3 aliphatic carbocycles. The molecule has 2 fully saturated rings. The summed E-state index contributed by atoms with van der Waals surface area (Å²) < 4.78 is 0. The second-order valence-corrected chi connectivity index (χ2v) is 4.31. The third-order valence-corrected chi connectivity index (χ3v) is 3.27. The Bertz CT molecular complexity index is 322.